The molecule has 1 aliphatic heterocycles. The fourth-order valence-electron chi connectivity index (χ4n) is 3.24. The van der Waals surface area contributed by atoms with Gasteiger partial charge in [0.25, 0.3) is 5.91 Å². The van der Waals surface area contributed by atoms with Crippen LogP contribution < -0.4 is 10.6 Å². The summed E-state index contributed by atoms with van der Waals surface area (Å²) in [5.74, 6) is 1.20. The fourth-order valence-corrected chi connectivity index (χ4v) is 3.24. The number of nitrogens with one attached hydrogen (secondary N) is 2. The van der Waals surface area contributed by atoms with Gasteiger partial charge in [0, 0.05) is 49.5 Å². The van der Waals surface area contributed by atoms with Crippen LogP contribution in [0, 0.1) is 0 Å². The first kappa shape index (κ1) is 18.3. The zero-order valence-corrected chi connectivity index (χ0v) is 15.6. The van der Waals surface area contributed by atoms with E-state index in [1.807, 2.05) is 30.3 Å². The lowest BCUT2D eigenvalue weighted by atomic mass is 10.1. The SMILES string of the molecule is O=C(NCCN1CCOCC1)c1ccnc(Nc2nccc3ccccc23)c1. The molecular formula is C21H23N5O2. The largest absolute Gasteiger partial charge is 0.379 e. The van der Waals surface area contributed by atoms with Crippen LogP contribution in [0.3, 0.4) is 0 Å². The summed E-state index contributed by atoms with van der Waals surface area (Å²) < 4.78 is 5.34. The lowest BCUT2D eigenvalue weighted by Gasteiger charge is -2.26. The predicted molar refractivity (Wildman–Crippen MR) is 109 cm³/mol. The molecule has 2 N–H and O–H groups in total. The first-order valence-corrected chi connectivity index (χ1v) is 9.45. The number of hydrogen-bond acceptors (Lipinski definition) is 6. The van der Waals surface area contributed by atoms with Crippen molar-refractivity contribution in [2.24, 2.45) is 0 Å². The van der Waals surface area contributed by atoms with Crippen molar-refractivity contribution in [3.8, 4) is 0 Å². The maximum atomic E-state index is 12.5. The summed E-state index contributed by atoms with van der Waals surface area (Å²) in [6, 6.07) is 13.4. The molecule has 0 unspecified atom stereocenters. The first-order chi connectivity index (χ1) is 13.8. The van der Waals surface area contributed by atoms with Crippen molar-refractivity contribution in [1.82, 2.24) is 20.2 Å². The lowest BCUT2D eigenvalue weighted by molar-refractivity contribution is 0.0383. The van der Waals surface area contributed by atoms with Gasteiger partial charge in [-0.3, -0.25) is 9.69 Å². The second kappa shape index (κ2) is 8.77. The minimum absolute atomic E-state index is 0.107. The number of aromatic nitrogens is 2. The number of fused-ring (bicyclic) bond motifs is 1. The van der Waals surface area contributed by atoms with E-state index in [1.165, 1.54) is 0 Å². The molecule has 0 aliphatic carbocycles. The van der Waals surface area contributed by atoms with E-state index in [4.69, 9.17) is 4.74 Å². The van der Waals surface area contributed by atoms with Gasteiger partial charge in [0.2, 0.25) is 0 Å². The van der Waals surface area contributed by atoms with Crippen LogP contribution in [0.25, 0.3) is 10.8 Å². The van der Waals surface area contributed by atoms with Crippen LogP contribution in [0.4, 0.5) is 11.6 Å². The maximum absolute atomic E-state index is 12.5. The average molecular weight is 377 g/mol. The molecule has 0 spiro atoms. The first-order valence-electron chi connectivity index (χ1n) is 9.45. The van der Waals surface area contributed by atoms with Gasteiger partial charge in [-0.1, -0.05) is 24.3 Å². The molecule has 0 saturated carbocycles. The number of ether oxygens (including phenoxy) is 1. The molecule has 0 bridgehead atoms. The van der Waals surface area contributed by atoms with E-state index < -0.39 is 0 Å². The Bertz CT molecular complexity index is 951. The third-order valence-corrected chi connectivity index (χ3v) is 4.76. The zero-order chi connectivity index (χ0) is 19.2. The van der Waals surface area contributed by atoms with Crippen LogP contribution >= 0.6 is 0 Å². The summed E-state index contributed by atoms with van der Waals surface area (Å²) in [6.45, 7) is 4.78. The quantitative estimate of drug-likeness (QED) is 0.687. The monoisotopic (exact) mass is 377 g/mol. The van der Waals surface area contributed by atoms with Crippen molar-refractivity contribution in [3.05, 3.63) is 60.4 Å². The van der Waals surface area contributed by atoms with E-state index in [0.717, 1.165) is 49.4 Å². The highest BCUT2D eigenvalue weighted by Crippen LogP contribution is 2.23. The molecular weight excluding hydrogens is 354 g/mol. The Morgan fingerprint density at radius 1 is 1.07 bits per heavy atom. The molecule has 1 amide bonds. The molecule has 28 heavy (non-hydrogen) atoms. The van der Waals surface area contributed by atoms with E-state index in [2.05, 4.69) is 25.5 Å². The Hall–Kier alpha value is -3.03. The van der Waals surface area contributed by atoms with Crippen LogP contribution in [0.1, 0.15) is 10.4 Å². The van der Waals surface area contributed by atoms with Gasteiger partial charge < -0.3 is 15.4 Å². The van der Waals surface area contributed by atoms with Gasteiger partial charge in [0.1, 0.15) is 11.6 Å². The molecule has 1 fully saturated rings. The average Bonchev–Trinajstić information content (AvgIpc) is 2.75. The third kappa shape index (κ3) is 4.44. The van der Waals surface area contributed by atoms with Crippen LogP contribution in [-0.4, -0.2) is 60.2 Å². The number of anilines is 2. The maximum Gasteiger partial charge on any atom is 0.251 e. The topological polar surface area (TPSA) is 79.4 Å². The van der Waals surface area contributed by atoms with Crippen molar-refractivity contribution >= 4 is 28.3 Å². The highest BCUT2D eigenvalue weighted by atomic mass is 16.5. The van der Waals surface area contributed by atoms with Crippen LogP contribution in [0.2, 0.25) is 0 Å². The van der Waals surface area contributed by atoms with Crippen molar-refractivity contribution < 1.29 is 9.53 Å². The van der Waals surface area contributed by atoms with Gasteiger partial charge >= 0.3 is 0 Å². The second-order valence-electron chi connectivity index (χ2n) is 6.65. The van der Waals surface area contributed by atoms with Crippen molar-refractivity contribution in [1.29, 1.82) is 0 Å². The van der Waals surface area contributed by atoms with Gasteiger partial charge in [-0.15, -0.1) is 0 Å². The van der Waals surface area contributed by atoms with Crippen LogP contribution in [-0.2, 0) is 4.74 Å². The van der Waals surface area contributed by atoms with Crippen molar-refractivity contribution in [2.45, 2.75) is 0 Å². The minimum atomic E-state index is -0.107. The summed E-state index contributed by atoms with van der Waals surface area (Å²) in [4.78, 5) is 23.5. The second-order valence-corrected chi connectivity index (χ2v) is 6.65. The summed E-state index contributed by atoms with van der Waals surface area (Å²) in [6.07, 6.45) is 3.39. The van der Waals surface area contributed by atoms with Gasteiger partial charge in [0.05, 0.1) is 13.2 Å². The number of rotatable bonds is 6. The molecule has 1 saturated heterocycles. The molecule has 3 heterocycles. The summed E-state index contributed by atoms with van der Waals surface area (Å²) in [5, 5.41) is 8.30. The molecule has 1 aromatic carbocycles. The van der Waals surface area contributed by atoms with E-state index in [-0.39, 0.29) is 5.91 Å². The molecule has 1 aliphatic rings. The smallest absolute Gasteiger partial charge is 0.251 e. The van der Waals surface area contributed by atoms with Crippen LogP contribution in [0.5, 0.6) is 0 Å². The Morgan fingerprint density at radius 2 is 1.89 bits per heavy atom. The lowest BCUT2D eigenvalue weighted by Crippen LogP contribution is -2.41. The van der Waals surface area contributed by atoms with Gasteiger partial charge in [-0.25, -0.2) is 9.97 Å². The van der Waals surface area contributed by atoms with Crippen molar-refractivity contribution in [3.63, 3.8) is 0 Å². The number of carbonyl (C=O) groups excluding carboxylic acids is 1. The van der Waals surface area contributed by atoms with Gasteiger partial charge in [-0.05, 0) is 23.6 Å². The Labute approximate surface area is 163 Å². The number of morpholine rings is 1. The van der Waals surface area contributed by atoms with E-state index in [1.54, 1.807) is 24.5 Å². The Balaban J connectivity index is 1.40. The zero-order valence-electron chi connectivity index (χ0n) is 15.6. The van der Waals surface area contributed by atoms with Gasteiger partial charge in [-0.2, -0.15) is 0 Å². The molecule has 7 heteroatoms. The Kier molecular flexibility index (Phi) is 5.75. The van der Waals surface area contributed by atoms with Crippen molar-refractivity contribution in [2.75, 3.05) is 44.7 Å². The summed E-state index contributed by atoms with van der Waals surface area (Å²) >= 11 is 0. The highest BCUT2D eigenvalue weighted by molar-refractivity contribution is 5.96. The number of pyridine rings is 2. The molecule has 144 valence electrons. The molecule has 7 nitrogen and oxygen atoms in total. The molecule has 3 aromatic rings. The van der Waals surface area contributed by atoms with E-state index in [9.17, 15) is 4.79 Å². The number of carbonyl (C=O) groups is 1. The number of nitrogens with zero attached hydrogens (tertiary/aromatic N) is 3. The normalized spacial score (nSPS) is 14.7. The molecule has 0 radical (unpaired) electrons. The van der Waals surface area contributed by atoms with Crippen LogP contribution in [0.15, 0.2) is 54.9 Å². The number of benzene rings is 1. The standard InChI is InChI=1S/C21H23N5O2/c27-21(24-9-10-26-11-13-28-14-12-26)17-6-7-22-19(15-17)25-20-18-4-2-1-3-16(18)5-8-23-20/h1-8,15H,9-14H2,(H,24,27)(H,22,23,25). The summed E-state index contributed by atoms with van der Waals surface area (Å²) in [7, 11) is 0. The van der Waals surface area contributed by atoms with Gasteiger partial charge in [0.15, 0.2) is 0 Å². The highest BCUT2D eigenvalue weighted by Gasteiger charge is 2.12. The fraction of sp³-hybridized carbons (Fsp3) is 0.286. The number of amides is 1. The minimum Gasteiger partial charge on any atom is -0.379 e. The van der Waals surface area contributed by atoms with E-state index in [0.29, 0.717) is 17.9 Å². The van der Waals surface area contributed by atoms with E-state index >= 15 is 0 Å². The predicted octanol–water partition coefficient (Wildman–Crippen LogP) is 2.44. The number of hydrogen-bond donors (Lipinski definition) is 2. The molecule has 2 aromatic heterocycles. The Morgan fingerprint density at radius 3 is 2.79 bits per heavy atom. The third-order valence-electron chi connectivity index (χ3n) is 4.76. The molecule has 4 rings (SSSR count). The summed E-state index contributed by atoms with van der Waals surface area (Å²) in [5.41, 5.74) is 0.569. The molecule has 0 atom stereocenters.